The average Bonchev–Trinajstić information content (AvgIpc) is 2.73. The average molecular weight is 409 g/mol. The third kappa shape index (κ3) is 5.83. The Balaban J connectivity index is 1.63. The molecule has 2 amide bonds. The topological polar surface area (TPSA) is 67.4 Å². The van der Waals surface area contributed by atoms with Crippen LogP contribution in [0.2, 0.25) is 5.02 Å². The molecule has 0 radical (unpaired) electrons. The summed E-state index contributed by atoms with van der Waals surface area (Å²) in [4.78, 5) is 25.0. The maximum atomic E-state index is 12.7. The molecule has 3 rings (SSSR count). The monoisotopic (exact) mass is 408 g/mol. The Morgan fingerprint density at radius 1 is 0.966 bits per heavy atom. The molecule has 0 fully saturated rings. The summed E-state index contributed by atoms with van der Waals surface area (Å²) in [6.45, 7) is 1.71. The lowest BCUT2D eigenvalue weighted by molar-refractivity contribution is -0.118. The number of nitrogens with one attached hydrogen (secondary N) is 2. The van der Waals surface area contributed by atoms with Gasteiger partial charge in [-0.1, -0.05) is 60.1 Å². The lowest BCUT2D eigenvalue weighted by Crippen LogP contribution is -2.28. The number of carbonyl (C=O) groups is 2. The lowest BCUT2D eigenvalue weighted by Gasteiger charge is -2.16. The van der Waals surface area contributed by atoms with E-state index < -0.39 is 0 Å². The molecule has 1 atom stereocenters. The van der Waals surface area contributed by atoms with Gasteiger partial charge in [-0.05, 0) is 42.8 Å². The van der Waals surface area contributed by atoms with Crippen LogP contribution in [0.5, 0.6) is 5.75 Å². The van der Waals surface area contributed by atoms with Crippen LogP contribution in [-0.4, -0.2) is 18.4 Å². The van der Waals surface area contributed by atoms with E-state index in [2.05, 4.69) is 10.6 Å². The molecule has 0 aliphatic carbocycles. The number of rotatable bonds is 7. The SMILES string of the molecule is C[C@H](NC(=O)c1ccccc1NC(=O)COc1cccc(Cl)c1)c1ccccc1. The second-order valence-electron chi connectivity index (χ2n) is 6.45. The molecule has 148 valence electrons. The van der Waals surface area contributed by atoms with Crippen LogP contribution in [-0.2, 0) is 4.79 Å². The Morgan fingerprint density at radius 2 is 1.69 bits per heavy atom. The molecular weight excluding hydrogens is 388 g/mol. The van der Waals surface area contributed by atoms with Gasteiger partial charge < -0.3 is 15.4 Å². The quantitative estimate of drug-likeness (QED) is 0.587. The van der Waals surface area contributed by atoms with Crippen molar-refractivity contribution in [1.29, 1.82) is 0 Å². The maximum absolute atomic E-state index is 12.7. The zero-order valence-electron chi connectivity index (χ0n) is 15.9. The number of benzene rings is 3. The summed E-state index contributed by atoms with van der Waals surface area (Å²) >= 11 is 5.91. The zero-order chi connectivity index (χ0) is 20.6. The van der Waals surface area contributed by atoms with Crippen molar-refractivity contribution in [2.45, 2.75) is 13.0 Å². The van der Waals surface area contributed by atoms with Gasteiger partial charge in [0, 0.05) is 5.02 Å². The zero-order valence-corrected chi connectivity index (χ0v) is 16.6. The summed E-state index contributed by atoms with van der Waals surface area (Å²) in [5.74, 6) is -0.148. The van der Waals surface area contributed by atoms with E-state index in [-0.39, 0.29) is 24.5 Å². The number of amides is 2. The molecule has 0 bridgehead atoms. The smallest absolute Gasteiger partial charge is 0.262 e. The van der Waals surface area contributed by atoms with Crippen molar-refractivity contribution >= 4 is 29.1 Å². The highest BCUT2D eigenvalue weighted by atomic mass is 35.5. The van der Waals surface area contributed by atoms with Gasteiger partial charge in [0.25, 0.3) is 11.8 Å². The van der Waals surface area contributed by atoms with Crippen LogP contribution >= 0.6 is 11.6 Å². The molecule has 5 nitrogen and oxygen atoms in total. The molecule has 0 unspecified atom stereocenters. The van der Waals surface area contributed by atoms with Crippen LogP contribution in [0.4, 0.5) is 5.69 Å². The highest BCUT2D eigenvalue weighted by Gasteiger charge is 2.16. The van der Waals surface area contributed by atoms with Crippen molar-refractivity contribution in [2.24, 2.45) is 0 Å². The highest BCUT2D eigenvalue weighted by molar-refractivity contribution is 6.30. The van der Waals surface area contributed by atoms with Crippen molar-refractivity contribution in [2.75, 3.05) is 11.9 Å². The van der Waals surface area contributed by atoms with Gasteiger partial charge in [0.1, 0.15) is 5.75 Å². The fraction of sp³-hybridized carbons (Fsp3) is 0.130. The third-order valence-corrected chi connectivity index (χ3v) is 4.49. The number of halogens is 1. The van der Waals surface area contributed by atoms with Gasteiger partial charge in [0.2, 0.25) is 0 Å². The van der Waals surface area contributed by atoms with Crippen LogP contribution in [0.3, 0.4) is 0 Å². The van der Waals surface area contributed by atoms with Gasteiger partial charge in [0.05, 0.1) is 17.3 Å². The molecule has 29 heavy (non-hydrogen) atoms. The Morgan fingerprint density at radius 3 is 2.45 bits per heavy atom. The standard InChI is InChI=1S/C23H21ClN2O3/c1-16(17-8-3-2-4-9-17)25-23(28)20-12-5-6-13-21(20)26-22(27)15-29-19-11-7-10-18(24)14-19/h2-14,16H,15H2,1H3,(H,25,28)(H,26,27)/t16-/m0/s1. The second kappa shape index (κ2) is 9.75. The molecular formula is C23H21ClN2O3. The predicted octanol–water partition coefficient (Wildman–Crippen LogP) is 4.85. The van der Waals surface area contributed by atoms with Crippen molar-refractivity contribution in [3.63, 3.8) is 0 Å². The first-order chi connectivity index (χ1) is 14.0. The first-order valence-electron chi connectivity index (χ1n) is 9.16. The van der Waals surface area contributed by atoms with E-state index in [1.807, 2.05) is 37.3 Å². The summed E-state index contributed by atoms with van der Waals surface area (Å²) in [5.41, 5.74) is 1.80. The summed E-state index contributed by atoms with van der Waals surface area (Å²) in [6, 6.07) is 23.2. The molecule has 2 N–H and O–H groups in total. The Kier molecular flexibility index (Phi) is 6.87. The molecule has 0 saturated carbocycles. The van der Waals surface area contributed by atoms with Crippen LogP contribution < -0.4 is 15.4 Å². The minimum Gasteiger partial charge on any atom is -0.484 e. The fourth-order valence-corrected chi connectivity index (χ4v) is 2.96. The molecule has 0 spiro atoms. The molecule has 3 aromatic carbocycles. The lowest BCUT2D eigenvalue weighted by atomic mass is 10.1. The second-order valence-corrected chi connectivity index (χ2v) is 6.88. The maximum Gasteiger partial charge on any atom is 0.262 e. The van der Waals surface area contributed by atoms with Crippen LogP contribution in [0, 0.1) is 0 Å². The molecule has 0 aromatic heterocycles. The molecule has 0 aliphatic rings. The van der Waals surface area contributed by atoms with Gasteiger partial charge in [0.15, 0.2) is 6.61 Å². The molecule has 6 heteroatoms. The van der Waals surface area contributed by atoms with E-state index in [1.54, 1.807) is 48.5 Å². The van der Waals surface area contributed by atoms with Crippen molar-refractivity contribution < 1.29 is 14.3 Å². The summed E-state index contributed by atoms with van der Waals surface area (Å²) in [5, 5.41) is 6.21. The van der Waals surface area contributed by atoms with Crippen LogP contribution in [0.15, 0.2) is 78.9 Å². The van der Waals surface area contributed by atoms with Gasteiger partial charge in [-0.2, -0.15) is 0 Å². The Bertz CT molecular complexity index is 992. The normalized spacial score (nSPS) is 11.4. The van der Waals surface area contributed by atoms with Crippen molar-refractivity contribution in [3.8, 4) is 5.75 Å². The summed E-state index contributed by atoms with van der Waals surface area (Å²) in [7, 11) is 0. The van der Waals surface area contributed by atoms with Gasteiger partial charge in [-0.15, -0.1) is 0 Å². The molecule has 0 aliphatic heterocycles. The number of anilines is 1. The third-order valence-electron chi connectivity index (χ3n) is 4.26. The van der Waals surface area contributed by atoms with Gasteiger partial charge in [-0.3, -0.25) is 9.59 Å². The number of ether oxygens (including phenoxy) is 1. The minimum atomic E-state index is -0.374. The van der Waals surface area contributed by atoms with Crippen molar-refractivity contribution in [3.05, 3.63) is 95.0 Å². The highest BCUT2D eigenvalue weighted by Crippen LogP contribution is 2.19. The summed E-state index contributed by atoms with van der Waals surface area (Å²) < 4.78 is 5.45. The van der Waals surface area contributed by atoms with Gasteiger partial charge in [-0.25, -0.2) is 0 Å². The van der Waals surface area contributed by atoms with E-state index in [0.29, 0.717) is 22.0 Å². The summed E-state index contributed by atoms with van der Waals surface area (Å²) in [6.07, 6.45) is 0. The van der Waals surface area contributed by atoms with E-state index in [4.69, 9.17) is 16.3 Å². The number of hydrogen-bond acceptors (Lipinski definition) is 3. The van der Waals surface area contributed by atoms with Gasteiger partial charge >= 0.3 is 0 Å². The minimum absolute atomic E-state index is 0.168. The number of carbonyl (C=O) groups excluding carboxylic acids is 2. The van der Waals surface area contributed by atoms with Crippen LogP contribution in [0.25, 0.3) is 0 Å². The van der Waals surface area contributed by atoms with E-state index in [9.17, 15) is 9.59 Å². The first-order valence-corrected chi connectivity index (χ1v) is 9.54. The predicted molar refractivity (Wildman–Crippen MR) is 114 cm³/mol. The molecule has 3 aromatic rings. The fourth-order valence-electron chi connectivity index (χ4n) is 2.78. The van der Waals surface area contributed by atoms with E-state index in [1.165, 1.54) is 0 Å². The number of para-hydroxylation sites is 1. The Labute approximate surface area is 174 Å². The molecule has 0 heterocycles. The Hall–Kier alpha value is -3.31. The first kappa shape index (κ1) is 20.4. The van der Waals surface area contributed by atoms with E-state index in [0.717, 1.165) is 5.56 Å². The number of hydrogen-bond donors (Lipinski definition) is 2. The molecule has 0 saturated heterocycles. The van der Waals surface area contributed by atoms with Crippen LogP contribution in [0.1, 0.15) is 28.9 Å². The van der Waals surface area contributed by atoms with E-state index >= 15 is 0 Å². The largest absolute Gasteiger partial charge is 0.484 e. The van der Waals surface area contributed by atoms with Crippen molar-refractivity contribution in [1.82, 2.24) is 5.32 Å².